The highest BCUT2D eigenvalue weighted by Gasteiger charge is 1.81. The van der Waals surface area contributed by atoms with Crippen molar-refractivity contribution in [3.8, 4) is 0 Å². The summed E-state index contributed by atoms with van der Waals surface area (Å²) in [5.74, 6) is 0. The lowest BCUT2D eigenvalue weighted by Gasteiger charge is -1.91. The molecule has 0 saturated carbocycles. The van der Waals surface area contributed by atoms with Gasteiger partial charge in [-0.25, -0.2) is 0 Å². The fraction of sp³-hybridized carbons (Fsp3) is 0.500. The predicted molar refractivity (Wildman–Crippen MR) is 57.2 cm³/mol. The van der Waals surface area contributed by atoms with Crippen LogP contribution in [-0.4, -0.2) is 0 Å². The standard InChI is InChI=1S/C12H20/c1-3-5-7-9-11-12-10-8-6-4-2/h3-7,9H,8,10-12H2,1-2H3/b5-3+,6-4+,9-7+. The summed E-state index contributed by atoms with van der Waals surface area (Å²) in [6.45, 7) is 4.11. The largest absolute Gasteiger partial charge is 0.0917 e. The number of allylic oxidation sites excluding steroid dienone is 6. The van der Waals surface area contributed by atoms with Crippen LogP contribution in [0.5, 0.6) is 0 Å². The van der Waals surface area contributed by atoms with Gasteiger partial charge in [0.25, 0.3) is 0 Å². The molecule has 68 valence electrons. The molecule has 0 aromatic heterocycles. The highest BCUT2D eigenvalue weighted by atomic mass is 13.9. The third-order valence-electron chi connectivity index (χ3n) is 1.67. The first-order chi connectivity index (χ1) is 5.91. The highest BCUT2D eigenvalue weighted by Crippen LogP contribution is 2.01. The SMILES string of the molecule is C/C=C/C=C/CCCC/C=C/C. The molecule has 0 aromatic carbocycles. The van der Waals surface area contributed by atoms with E-state index >= 15 is 0 Å². The third kappa shape index (κ3) is 9.22. The lowest BCUT2D eigenvalue weighted by Crippen LogP contribution is -1.71. The minimum Gasteiger partial charge on any atom is -0.0917 e. The van der Waals surface area contributed by atoms with Gasteiger partial charge < -0.3 is 0 Å². The zero-order valence-corrected chi connectivity index (χ0v) is 8.29. The third-order valence-corrected chi connectivity index (χ3v) is 1.67. The average molecular weight is 164 g/mol. The van der Waals surface area contributed by atoms with E-state index in [0.29, 0.717) is 0 Å². The van der Waals surface area contributed by atoms with Crippen LogP contribution >= 0.6 is 0 Å². The van der Waals surface area contributed by atoms with Crippen LogP contribution in [0.15, 0.2) is 36.5 Å². The second-order valence-corrected chi connectivity index (χ2v) is 2.81. The molecule has 0 saturated heterocycles. The molecule has 0 heterocycles. The summed E-state index contributed by atoms with van der Waals surface area (Å²) in [6, 6.07) is 0. The van der Waals surface area contributed by atoms with Gasteiger partial charge in [0.05, 0.1) is 0 Å². The lowest BCUT2D eigenvalue weighted by molar-refractivity contribution is 0.762. The van der Waals surface area contributed by atoms with Gasteiger partial charge in [-0.1, -0.05) is 36.5 Å². The van der Waals surface area contributed by atoms with Gasteiger partial charge in [0.1, 0.15) is 0 Å². The second-order valence-electron chi connectivity index (χ2n) is 2.81. The smallest absolute Gasteiger partial charge is 0.0347 e. The molecule has 0 N–H and O–H groups in total. The van der Waals surface area contributed by atoms with Gasteiger partial charge in [-0.3, -0.25) is 0 Å². The van der Waals surface area contributed by atoms with E-state index in [1.165, 1.54) is 25.7 Å². The van der Waals surface area contributed by atoms with Gasteiger partial charge in [-0.15, -0.1) is 0 Å². The monoisotopic (exact) mass is 164 g/mol. The number of hydrogen-bond donors (Lipinski definition) is 0. The molecule has 0 aliphatic heterocycles. The van der Waals surface area contributed by atoms with E-state index in [4.69, 9.17) is 0 Å². The van der Waals surface area contributed by atoms with E-state index in [2.05, 4.69) is 43.4 Å². The Morgan fingerprint density at radius 3 is 2.00 bits per heavy atom. The molecule has 0 spiro atoms. The van der Waals surface area contributed by atoms with Crippen LogP contribution < -0.4 is 0 Å². The summed E-state index contributed by atoms with van der Waals surface area (Å²) in [7, 11) is 0. The first-order valence-corrected chi connectivity index (χ1v) is 4.80. The minimum absolute atomic E-state index is 1.21. The number of hydrogen-bond acceptors (Lipinski definition) is 0. The summed E-state index contributed by atoms with van der Waals surface area (Å²) in [4.78, 5) is 0. The molecule has 0 radical (unpaired) electrons. The van der Waals surface area contributed by atoms with Crippen LogP contribution in [0.4, 0.5) is 0 Å². The van der Waals surface area contributed by atoms with Gasteiger partial charge in [-0.05, 0) is 39.5 Å². The first kappa shape index (κ1) is 11.2. The fourth-order valence-corrected chi connectivity index (χ4v) is 0.977. The van der Waals surface area contributed by atoms with Gasteiger partial charge in [0.2, 0.25) is 0 Å². The number of unbranched alkanes of at least 4 members (excludes halogenated alkanes) is 3. The highest BCUT2D eigenvalue weighted by molar-refractivity contribution is 5.00. The van der Waals surface area contributed by atoms with Crippen LogP contribution in [0.2, 0.25) is 0 Å². The van der Waals surface area contributed by atoms with Crippen molar-refractivity contribution < 1.29 is 0 Å². The van der Waals surface area contributed by atoms with Crippen molar-refractivity contribution in [1.82, 2.24) is 0 Å². The molecule has 0 unspecified atom stereocenters. The quantitative estimate of drug-likeness (QED) is 0.313. The fourth-order valence-electron chi connectivity index (χ4n) is 0.977. The predicted octanol–water partition coefficient (Wildman–Crippen LogP) is 4.26. The molecule has 0 bridgehead atoms. The Labute approximate surface area is 76.7 Å². The van der Waals surface area contributed by atoms with Gasteiger partial charge in [0.15, 0.2) is 0 Å². The summed E-state index contributed by atoms with van der Waals surface area (Å²) in [5, 5.41) is 0. The van der Waals surface area contributed by atoms with E-state index in [1.807, 2.05) is 6.92 Å². The molecule has 0 aliphatic carbocycles. The van der Waals surface area contributed by atoms with Crippen molar-refractivity contribution in [2.24, 2.45) is 0 Å². The molecular weight excluding hydrogens is 144 g/mol. The average Bonchev–Trinajstić information content (AvgIpc) is 2.10. The zero-order valence-electron chi connectivity index (χ0n) is 8.29. The van der Waals surface area contributed by atoms with E-state index in [1.54, 1.807) is 0 Å². The summed E-state index contributed by atoms with van der Waals surface area (Å²) >= 11 is 0. The second kappa shape index (κ2) is 10.2. The molecule has 0 nitrogen and oxygen atoms in total. The van der Waals surface area contributed by atoms with Crippen molar-refractivity contribution in [3.05, 3.63) is 36.5 Å². The normalized spacial score (nSPS) is 12.5. The van der Waals surface area contributed by atoms with Gasteiger partial charge in [0, 0.05) is 0 Å². The van der Waals surface area contributed by atoms with E-state index in [-0.39, 0.29) is 0 Å². The summed E-state index contributed by atoms with van der Waals surface area (Å²) in [5.41, 5.74) is 0. The van der Waals surface area contributed by atoms with Crippen LogP contribution in [0.1, 0.15) is 39.5 Å². The van der Waals surface area contributed by atoms with Crippen molar-refractivity contribution >= 4 is 0 Å². The van der Waals surface area contributed by atoms with Crippen molar-refractivity contribution in [3.63, 3.8) is 0 Å². The first-order valence-electron chi connectivity index (χ1n) is 4.80. The molecular formula is C12H20. The summed E-state index contributed by atoms with van der Waals surface area (Å²) < 4.78 is 0. The number of rotatable bonds is 6. The molecule has 0 aliphatic rings. The zero-order chi connectivity index (χ0) is 9.07. The molecule has 0 atom stereocenters. The topological polar surface area (TPSA) is 0 Å². The molecule has 0 rings (SSSR count). The minimum atomic E-state index is 1.21. The Hall–Kier alpha value is -0.780. The molecule has 0 aromatic rings. The van der Waals surface area contributed by atoms with Crippen LogP contribution in [0.25, 0.3) is 0 Å². The maximum atomic E-state index is 2.23. The van der Waals surface area contributed by atoms with Crippen molar-refractivity contribution in [2.75, 3.05) is 0 Å². The molecule has 0 heteroatoms. The Balaban J connectivity index is 3.10. The maximum Gasteiger partial charge on any atom is -0.0347 e. The lowest BCUT2D eigenvalue weighted by atomic mass is 10.2. The van der Waals surface area contributed by atoms with Crippen molar-refractivity contribution in [1.29, 1.82) is 0 Å². The van der Waals surface area contributed by atoms with E-state index in [0.717, 1.165) is 0 Å². The Morgan fingerprint density at radius 2 is 1.42 bits per heavy atom. The molecule has 0 fully saturated rings. The van der Waals surface area contributed by atoms with Crippen LogP contribution in [0, 0.1) is 0 Å². The summed E-state index contributed by atoms with van der Waals surface area (Å²) in [6.07, 6.45) is 17.9. The Bertz CT molecular complexity index is 149. The molecule has 12 heavy (non-hydrogen) atoms. The van der Waals surface area contributed by atoms with Gasteiger partial charge >= 0.3 is 0 Å². The van der Waals surface area contributed by atoms with Crippen molar-refractivity contribution in [2.45, 2.75) is 39.5 Å². The van der Waals surface area contributed by atoms with Gasteiger partial charge in [-0.2, -0.15) is 0 Å². The molecule has 0 amide bonds. The maximum absolute atomic E-state index is 2.23. The van der Waals surface area contributed by atoms with Crippen LogP contribution in [-0.2, 0) is 0 Å². The van der Waals surface area contributed by atoms with E-state index < -0.39 is 0 Å². The van der Waals surface area contributed by atoms with Crippen LogP contribution in [0.3, 0.4) is 0 Å². The van der Waals surface area contributed by atoms with E-state index in [9.17, 15) is 0 Å². The Kier molecular flexibility index (Phi) is 9.56. The Morgan fingerprint density at radius 1 is 0.750 bits per heavy atom.